The molecule has 2 aliphatic heterocycles. The Morgan fingerprint density at radius 2 is 2.00 bits per heavy atom. The molecule has 7 nitrogen and oxygen atoms in total. The third kappa shape index (κ3) is 3.78. The summed E-state index contributed by atoms with van der Waals surface area (Å²) in [5.41, 5.74) is 2.23. The summed E-state index contributed by atoms with van der Waals surface area (Å²) in [5.74, 6) is 0.847. The number of fused-ring (bicyclic) bond motifs is 1. The number of carbonyl (C=O) groups is 2. The number of carbonyl (C=O) groups excluding carboxylic acids is 2. The normalized spacial score (nSPS) is 22.1. The molecule has 4 heterocycles. The van der Waals surface area contributed by atoms with Gasteiger partial charge in [0.1, 0.15) is 5.82 Å². The first kappa shape index (κ1) is 19.8. The topological polar surface area (TPSA) is 76.5 Å². The van der Waals surface area contributed by atoms with E-state index in [1.165, 1.54) is 23.3 Å². The van der Waals surface area contributed by atoms with Gasteiger partial charge in [0.05, 0.1) is 30.3 Å². The van der Waals surface area contributed by atoms with E-state index in [1.807, 2.05) is 15.6 Å². The second kappa shape index (κ2) is 8.51. The van der Waals surface area contributed by atoms with Crippen LogP contribution < -0.4 is 5.32 Å². The van der Waals surface area contributed by atoms with Crippen LogP contribution in [-0.4, -0.2) is 52.8 Å². The van der Waals surface area contributed by atoms with E-state index in [2.05, 4.69) is 15.8 Å². The first-order chi connectivity index (χ1) is 14.7. The number of amides is 2. The van der Waals surface area contributed by atoms with Crippen molar-refractivity contribution in [3.05, 3.63) is 33.6 Å². The third-order valence-electron chi connectivity index (χ3n) is 6.61. The summed E-state index contributed by atoms with van der Waals surface area (Å²) in [6.07, 6.45) is 8.78. The van der Waals surface area contributed by atoms with Gasteiger partial charge in [0.25, 0.3) is 5.91 Å². The van der Waals surface area contributed by atoms with Crippen LogP contribution in [0.5, 0.6) is 0 Å². The van der Waals surface area contributed by atoms with E-state index in [4.69, 9.17) is 4.74 Å². The Bertz CT molecular complexity index is 923. The molecule has 160 valence electrons. The molecule has 5 rings (SSSR count). The highest BCUT2D eigenvalue weighted by Crippen LogP contribution is 2.32. The maximum Gasteiger partial charge on any atom is 0.254 e. The minimum absolute atomic E-state index is 0.00379. The van der Waals surface area contributed by atoms with Gasteiger partial charge in [-0.1, -0.05) is 0 Å². The lowest BCUT2D eigenvalue weighted by molar-refractivity contribution is -0.119. The zero-order valence-corrected chi connectivity index (χ0v) is 18.0. The van der Waals surface area contributed by atoms with Gasteiger partial charge in [0.2, 0.25) is 5.91 Å². The average molecular weight is 429 g/mol. The van der Waals surface area contributed by atoms with Crippen molar-refractivity contribution in [2.75, 3.05) is 31.6 Å². The molecule has 1 atom stereocenters. The fraction of sp³-hybridized carbons (Fsp3) is 0.591. The van der Waals surface area contributed by atoms with Crippen LogP contribution >= 0.6 is 11.3 Å². The van der Waals surface area contributed by atoms with Gasteiger partial charge in [-0.05, 0) is 50.5 Å². The van der Waals surface area contributed by atoms with Gasteiger partial charge < -0.3 is 15.0 Å². The lowest BCUT2D eigenvalue weighted by atomic mass is 9.95. The Labute approximate surface area is 180 Å². The molecule has 0 aromatic carbocycles. The largest absolute Gasteiger partial charge is 0.381 e. The molecular formula is C22H28N4O3S. The van der Waals surface area contributed by atoms with Crippen LogP contribution in [0.15, 0.2) is 17.6 Å². The van der Waals surface area contributed by atoms with Crippen LogP contribution in [0, 0.1) is 5.92 Å². The molecule has 2 saturated heterocycles. The Kier molecular flexibility index (Phi) is 5.60. The Hall–Kier alpha value is -2.19. The zero-order valence-electron chi connectivity index (χ0n) is 17.1. The van der Waals surface area contributed by atoms with Crippen LogP contribution in [0.25, 0.3) is 0 Å². The van der Waals surface area contributed by atoms with Crippen molar-refractivity contribution in [1.29, 1.82) is 0 Å². The van der Waals surface area contributed by atoms with Crippen LogP contribution in [-0.2, 0) is 22.4 Å². The predicted octanol–water partition coefficient (Wildman–Crippen LogP) is 3.28. The number of rotatable bonds is 4. The Morgan fingerprint density at radius 1 is 1.17 bits per heavy atom. The number of anilines is 1. The third-order valence-corrected chi connectivity index (χ3v) is 7.70. The lowest BCUT2D eigenvalue weighted by Gasteiger charge is -2.33. The number of ether oxygens (including phenoxy) is 1. The number of piperidine rings is 1. The number of aryl methyl sites for hydroxylation is 1. The molecule has 2 fully saturated rings. The monoisotopic (exact) mass is 428 g/mol. The molecule has 0 bridgehead atoms. The van der Waals surface area contributed by atoms with E-state index in [1.54, 1.807) is 17.5 Å². The smallest absolute Gasteiger partial charge is 0.254 e. The molecule has 1 aliphatic carbocycles. The highest BCUT2D eigenvalue weighted by atomic mass is 32.1. The number of aromatic nitrogens is 2. The summed E-state index contributed by atoms with van der Waals surface area (Å²) in [6, 6.07) is 2.04. The molecule has 2 aromatic heterocycles. The van der Waals surface area contributed by atoms with Gasteiger partial charge in [-0.3, -0.25) is 9.59 Å². The fourth-order valence-corrected chi connectivity index (χ4v) is 5.95. The highest BCUT2D eigenvalue weighted by Gasteiger charge is 2.30. The van der Waals surface area contributed by atoms with Crippen molar-refractivity contribution < 1.29 is 14.3 Å². The number of thiophene rings is 1. The maximum atomic E-state index is 13.1. The number of hydrogen-bond acceptors (Lipinski definition) is 5. The van der Waals surface area contributed by atoms with Crippen LogP contribution in [0.2, 0.25) is 0 Å². The van der Waals surface area contributed by atoms with E-state index < -0.39 is 0 Å². The Morgan fingerprint density at radius 3 is 2.80 bits per heavy atom. The summed E-state index contributed by atoms with van der Waals surface area (Å²) in [5, 5.41) is 9.56. The van der Waals surface area contributed by atoms with Crippen molar-refractivity contribution in [1.82, 2.24) is 14.7 Å². The lowest BCUT2D eigenvalue weighted by Crippen LogP contribution is -2.39. The minimum atomic E-state index is -0.0793. The zero-order chi connectivity index (χ0) is 20.5. The molecule has 30 heavy (non-hydrogen) atoms. The first-order valence-electron chi connectivity index (χ1n) is 11.0. The molecule has 0 unspecified atom stereocenters. The molecule has 3 aliphatic rings. The molecule has 1 N–H and O–H groups in total. The van der Waals surface area contributed by atoms with Crippen LogP contribution in [0.1, 0.15) is 58.9 Å². The van der Waals surface area contributed by atoms with E-state index in [0.717, 1.165) is 56.6 Å². The van der Waals surface area contributed by atoms with E-state index in [0.29, 0.717) is 13.2 Å². The molecule has 0 spiro atoms. The summed E-state index contributed by atoms with van der Waals surface area (Å²) in [6.45, 7) is 2.58. The van der Waals surface area contributed by atoms with Crippen molar-refractivity contribution in [2.24, 2.45) is 5.92 Å². The van der Waals surface area contributed by atoms with Gasteiger partial charge in [0.15, 0.2) is 0 Å². The molecule has 0 radical (unpaired) electrons. The van der Waals surface area contributed by atoms with Crippen molar-refractivity contribution in [2.45, 2.75) is 51.0 Å². The van der Waals surface area contributed by atoms with E-state index >= 15 is 0 Å². The summed E-state index contributed by atoms with van der Waals surface area (Å²) < 4.78 is 7.24. The van der Waals surface area contributed by atoms with E-state index in [-0.39, 0.29) is 23.8 Å². The summed E-state index contributed by atoms with van der Waals surface area (Å²) in [7, 11) is 0. The Balaban J connectivity index is 1.21. The standard InChI is InChI=1S/C22H28N4O3S/c27-21(15-8-12-29-13-15)24-20-5-9-23-26(20)16-6-10-25(11-7-16)22(28)18-14-30-19-4-2-1-3-17(18)19/h5,9,14-16H,1-4,6-8,10-13H2,(H,24,27)/t15-/m1/s1. The number of likely N-dealkylation sites (tertiary alicyclic amines) is 1. The maximum absolute atomic E-state index is 13.1. The van der Waals surface area contributed by atoms with Crippen molar-refractivity contribution in [3.63, 3.8) is 0 Å². The number of hydrogen-bond donors (Lipinski definition) is 1. The summed E-state index contributed by atoms with van der Waals surface area (Å²) >= 11 is 1.75. The quantitative estimate of drug-likeness (QED) is 0.811. The van der Waals surface area contributed by atoms with Crippen molar-refractivity contribution >= 4 is 29.0 Å². The predicted molar refractivity (Wildman–Crippen MR) is 115 cm³/mol. The molecule has 2 amide bonds. The molecule has 8 heteroatoms. The van der Waals surface area contributed by atoms with Gasteiger partial charge in [0, 0.05) is 36.0 Å². The second-order valence-corrected chi connectivity index (χ2v) is 9.46. The van der Waals surface area contributed by atoms with Gasteiger partial charge in [-0.25, -0.2) is 4.68 Å². The minimum Gasteiger partial charge on any atom is -0.381 e. The summed E-state index contributed by atoms with van der Waals surface area (Å²) in [4.78, 5) is 29.0. The van der Waals surface area contributed by atoms with Crippen molar-refractivity contribution in [3.8, 4) is 0 Å². The van der Waals surface area contributed by atoms with Gasteiger partial charge in [-0.2, -0.15) is 5.10 Å². The number of nitrogens with zero attached hydrogens (tertiary/aromatic N) is 3. The SMILES string of the molecule is O=C(Nc1ccnn1C1CCN(C(=O)c2csc3c2CCCC3)CC1)[C@@H]1CCOC1. The molecular weight excluding hydrogens is 400 g/mol. The van der Waals surface area contributed by atoms with Gasteiger partial charge in [-0.15, -0.1) is 11.3 Å². The number of nitrogens with one attached hydrogen (secondary N) is 1. The van der Waals surface area contributed by atoms with Crippen LogP contribution in [0.3, 0.4) is 0 Å². The highest BCUT2D eigenvalue weighted by molar-refractivity contribution is 7.10. The molecule has 2 aromatic rings. The fourth-order valence-electron chi connectivity index (χ4n) is 4.83. The first-order valence-corrected chi connectivity index (χ1v) is 11.9. The average Bonchev–Trinajstić information content (AvgIpc) is 3.53. The van der Waals surface area contributed by atoms with E-state index in [9.17, 15) is 9.59 Å². The van der Waals surface area contributed by atoms with Gasteiger partial charge >= 0.3 is 0 Å². The molecule has 0 saturated carbocycles. The second-order valence-electron chi connectivity index (χ2n) is 8.49. The van der Waals surface area contributed by atoms with Crippen LogP contribution in [0.4, 0.5) is 5.82 Å².